The molecule has 0 saturated heterocycles. The summed E-state index contributed by atoms with van der Waals surface area (Å²) in [6.07, 6.45) is 1.87. The van der Waals surface area contributed by atoms with E-state index in [1.807, 2.05) is 30.3 Å². The van der Waals surface area contributed by atoms with Gasteiger partial charge in [0.2, 0.25) is 0 Å². The van der Waals surface area contributed by atoms with Gasteiger partial charge in [0.05, 0.1) is 5.56 Å². The summed E-state index contributed by atoms with van der Waals surface area (Å²) >= 11 is 0. The van der Waals surface area contributed by atoms with E-state index in [0.29, 0.717) is 11.1 Å². The lowest BCUT2D eigenvalue weighted by Crippen LogP contribution is -2.10. The zero-order chi connectivity index (χ0) is 15.9. The van der Waals surface area contributed by atoms with Crippen LogP contribution in [0.3, 0.4) is 0 Å². The number of carbonyl (C=O) groups excluding carboxylic acids is 1. The van der Waals surface area contributed by atoms with Crippen LogP contribution in [0, 0.1) is 0 Å². The summed E-state index contributed by atoms with van der Waals surface area (Å²) in [5, 5.41) is 11.9. The van der Waals surface area contributed by atoms with Gasteiger partial charge in [0.1, 0.15) is 0 Å². The lowest BCUT2D eigenvalue weighted by molar-refractivity contribution is -0.113. The number of hydrogen-bond acceptors (Lipinski definition) is 3. The van der Waals surface area contributed by atoms with E-state index in [1.165, 1.54) is 12.1 Å². The predicted octanol–water partition coefficient (Wildman–Crippen LogP) is 2.76. The Morgan fingerprint density at radius 3 is 2.36 bits per heavy atom. The van der Waals surface area contributed by atoms with E-state index in [-0.39, 0.29) is 17.8 Å². The van der Waals surface area contributed by atoms with Crippen molar-refractivity contribution < 1.29 is 14.7 Å². The Labute approximate surface area is 129 Å². The lowest BCUT2D eigenvalue weighted by atomic mass is 9.96. The molecule has 22 heavy (non-hydrogen) atoms. The number of allylic oxidation sites excluding steroid dienone is 1. The number of hydrogen-bond donors (Lipinski definition) is 2. The van der Waals surface area contributed by atoms with Gasteiger partial charge in [-0.2, -0.15) is 0 Å². The van der Waals surface area contributed by atoms with E-state index >= 15 is 0 Å². The number of rotatable bonds is 6. The number of aromatic carboxylic acids is 1. The molecule has 0 amide bonds. The zero-order valence-electron chi connectivity index (χ0n) is 12.2. The Bertz CT molecular complexity index is 705. The summed E-state index contributed by atoms with van der Waals surface area (Å²) in [6.45, 7) is 0. The number of nitrogens with one attached hydrogen (secondary N) is 1. The number of Topliss-reactive ketones (excluding diaryl/α,β-unsaturated/α-hetero) is 1. The molecule has 0 bridgehead atoms. The zero-order valence-corrected chi connectivity index (χ0v) is 12.2. The molecule has 0 aliphatic heterocycles. The van der Waals surface area contributed by atoms with E-state index in [4.69, 9.17) is 5.11 Å². The first-order valence-corrected chi connectivity index (χ1v) is 6.90. The average molecular weight is 295 g/mol. The monoisotopic (exact) mass is 295 g/mol. The Hall–Kier alpha value is -2.88. The smallest absolute Gasteiger partial charge is 0.335 e. The van der Waals surface area contributed by atoms with Crippen molar-refractivity contribution in [2.24, 2.45) is 0 Å². The van der Waals surface area contributed by atoms with Gasteiger partial charge in [0, 0.05) is 25.2 Å². The van der Waals surface area contributed by atoms with Crippen LogP contribution in [-0.4, -0.2) is 23.9 Å². The largest absolute Gasteiger partial charge is 0.478 e. The fraction of sp³-hybridized carbons (Fsp3) is 0.111. The first kappa shape index (κ1) is 15.5. The summed E-state index contributed by atoms with van der Waals surface area (Å²) < 4.78 is 0. The molecule has 0 fully saturated rings. The van der Waals surface area contributed by atoms with Crippen LogP contribution in [0.5, 0.6) is 0 Å². The average Bonchev–Trinajstić information content (AvgIpc) is 2.53. The number of carbonyl (C=O) groups is 2. The number of carboxylic acid groups (broad SMARTS) is 1. The molecular weight excluding hydrogens is 278 g/mol. The van der Waals surface area contributed by atoms with Crippen LogP contribution in [0.4, 0.5) is 0 Å². The quantitative estimate of drug-likeness (QED) is 0.804. The van der Waals surface area contributed by atoms with E-state index in [9.17, 15) is 9.59 Å². The number of carboxylic acids is 1. The van der Waals surface area contributed by atoms with Crippen LogP contribution in [0.25, 0.3) is 5.57 Å². The second-order valence-corrected chi connectivity index (χ2v) is 4.82. The molecule has 4 heteroatoms. The van der Waals surface area contributed by atoms with Crippen LogP contribution in [0.2, 0.25) is 0 Å². The Balaban J connectivity index is 2.30. The topological polar surface area (TPSA) is 66.4 Å². The fourth-order valence-corrected chi connectivity index (χ4v) is 2.17. The lowest BCUT2D eigenvalue weighted by Gasteiger charge is -2.08. The van der Waals surface area contributed by atoms with Gasteiger partial charge in [-0.1, -0.05) is 42.5 Å². The molecule has 4 nitrogen and oxygen atoms in total. The third-order valence-electron chi connectivity index (χ3n) is 3.22. The van der Waals surface area contributed by atoms with Crippen molar-refractivity contribution in [2.45, 2.75) is 6.42 Å². The van der Waals surface area contributed by atoms with Crippen LogP contribution in [0.15, 0.2) is 60.8 Å². The molecule has 2 rings (SSSR count). The van der Waals surface area contributed by atoms with E-state index < -0.39 is 5.97 Å². The third-order valence-corrected chi connectivity index (χ3v) is 3.22. The standard InChI is InChI=1S/C18H17NO3/c1-19-12-16(14-8-5-9-15(11-14)18(21)22)17(20)10-13-6-3-2-4-7-13/h2-9,11-12,19H,10H2,1H3,(H,21,22). The van der Waals surface area contributed by atoms with Crippen molar-refractivity contribution in [1.29, 1.82) is 0 Å². The first-order chi connectivity index (χ1) is 10.6. The molecule has 0 spiro atoms. The number of benzene rings is 2. The Morgan fingerprint density at radius 1 is 1.05 bits per heavy atom. The van der Waals surface area contributed by atoms with Gasteiger partial charge in [-0.05, 0) is 23.3 Å². The van der Waals surface area contributed by atoms with Crippen LogP contribution >= 0.6 is 0 Å². The first-order valence-electron chi connectivity index (χ1n) is 6.90. The highest BCUT2D eigenvalue weighted by molar-refractivity contribution is 6.21. The van der Waals surface area contributed by atoms with Gasteiger partial charge < -0.3 is 10.4 Å². The van der Waals surface area contributed by atoms with Crippen LogP contribution in [0.1, 0.15) is 21.5 Å². The number of ketones is 1. The third kappa shape index (κ3) is 3.82. The molecule has 0 unspecified atom stereocenters. The molecule has 0 atom stereocenters. The molecule has 112 valence electrons. The Kier molecular flexibility index (Phi) is 5.09. The molecule has 0 heterocycles. The van der Waals surface area contributed by atoms with Gasteiger partial charge in [-0.25, -0.2) is 4.79 Å². The summed E-state index contributed by atoms with van der Waals surface area (Å²) in [4.78, 5) is 23.6. The van der Waals surface area contributed by atoms with Crippen molar-refractivity contribution in [3.05, 3.63) is 77.5 Å². The molecule has 0 radical (unpaired) electrons. The molecule has 2 aromatic rings. The second kappa shape index (κ2) is 7.22. The van der Waals surface area contributed by atoms with Gasteiger partial charge in [-0.15, -0.1) is 0 Å². The van der Waals surface area contributed by atoms with Gasteiger partial charge in [0.15, 0.2) is 5.78 Å². The van der Waals surface area contributed by atoms with Crippen LogP contribution in [-0.2, 0) is 11.2 Å². The molecule has 0 aromatic heterocycles. The second-order valence-electron chi connectivity index (χ2n) is 4.82. The molecule has 2 N–H and O–H groups in total. The van der Waals surface area contributed by atoms with Crippen molar-refractivity contribution in [3.8, 4) is 0 Å². The molecular formula is C18H17NO3. The maximum Gasteiger partial charge on any atom is 0.335 e. The fourth-order valence-electron chi connectivity index (χ4n) is 2.17. The van der Waals surface area contributed by atoms with Crippen molar-refractivity contribution >= 4 is 17.3 Å². The summed E-state index contributed by atoms with van der Waals surface area (Å²) in [5.74, 6) is -1.08. The van der Waals surface area contributed by atoms with Gasteiger partial charge in [-0.3, -0.25) is 4.79 Å². The minimum absolute atomic E-state index is 0.0666. The molecule has 2 aromatic carbocycles. The predicted molar refractivity (Wildman–Crippen MR) is 85.6 cm³/mol. The summed E-state index contributed by atoms with van der Waals surface area (Å²) in [5.41, 5.74) is 2.14. The maximum atomic E-state index is 12.5. The van der Waals surface area contributed by atoms with E-state index in [1.54, 1.807) is 25.4 Å². The van der Waals surface area contributed by atoms with E-state index in [0.717, 1.165) is 5.56 Å². The summed E-state index contributed by atoms with van der Waals surface area (Å²) in [6, 6.07) is 15.8. The normalized spacial score (nSPS) is 11.0. The Morgan fingerprint density at radius 2 is 1.73 bits per heavy atom. The highest BCUT2D eigenvalue weighted by atomic mass is 16.4. The molecule has 0 aliphatic rings. The van der Waals surface area contributed by atoms with Crippen molar-refractivity contribution in [1.82, 2.24) is 5.32 Å². The highest BCUT2D eigenvalue weighted by Gasteiger charge is 2.14. The molecule has 0 saturated carbocycles. The molecule has 0 aliphatic carbocycles. The summed E-state index contributed by atoms with van der Waals surface area (Å²) in [7, 11) is 1.71. The van der Waals surface area contributed by atoms with E-state index in [2.05, 4.69) is 5.32 Å². The van der Waals surface area contributed by atoms with Gasteiger partial charge >= 0.3 is 5.97 Å². The minimum Gasteiger partial charge on any atom is -0.478 e. The van der Waals surface area contributed by atoms with Crippen molar-refractivity contribution in [3.63, 3.8) is 0 Å². The van der Waals surface area contributed by atoms with Crippen LogP contribution < -0.4 is 5.32 Å². The van der Waals surface area contributed by atoms with Crippen molar-refractivity contribution in [2.75, 3.05) is 7.05 Å². The maximum absolute atomic E-state index is 12.5. The SMILES string of the molecule is CNC=C(C(=O)Cc1ccccc1)c1cccc(C(=O)O)c1. The van der Waals surface area contributed by atoms with Gasteiger partial charge in [0.25, 0.3) is 0 Å². The highest BCUT2D eigenvalue weighted by Crippen LogP contribution is 2.19. The minimum atomic E-state index is -1.01.